The van der Waals surface area contributed by atoms with Crippen molar-refractivity contribution >= 4 is 17.7 Å². The first-order valence-electron chi connectivity index (χ1n) is 5.98. The maximum atomic E-state index is 11.5. The molecule has 0 aromatic heterocycles. The Kier molecular flexibility index (Phi) is 6.12. The Morgan fingerprint density at radius 1 is 1.29 bits per heavy atom. The van der Waals surface area contributed by atoms with Crippen LogP contribution in [0.25, 0.3) is 0 Å². The van der Waals surface area contributed by atoms with Crippen LogP contribution in [0.4, 0.5) is 0 Å². The van der Waals surface area contributed by atoms with Crippen LogP contribution in [0.5, 0.6) is 0 Å². The summed E-state index contributed by atoms with van der Waals surface area (Å²) in [7, 11) is 0. The molecule has 2 nitrogen and oxygen atoms in total. The Hall–Kier alpha value is -0.960. The van der Waals surface area contributed by atoms with E-state index in [1.54, 1.807) is 11.8 Å². The Morgan fingerprint density at radius 2 is 1.94 bits per heavy atom. The van der Waals surface area contributed by atoms with Crippen LogP contribution in [0.1, 0.15) is 25.0 Å². The number of rotatable bonds is 6. The fraction of sp³-hybridized carbons (Fsp3) is 0.500. The van der Waals surface area contributed by atoms with Gasteiger partial charge in [-0.1, -0.05) is 43.7 Å². The number of carbonyl (C=O) groups is 1. The summed E-state index contributed by atoms with van der Waals surface area (Å²) >= 11 is 1.66. The summed E-state index contributed by atoms with van der Waals surface area (Å²) in [6.07, 6.45) is 0. The molecule has 0 aliphatic carbocycles. The molecule has 1 amide bonds. The van der Waals surface area contributed by atoms with Crippen LogP contribution in [0, 0.1) is 12.8 Å². The van der Waals surface area contributed by atoms with Crippen molar-refractivity contribution in [2.24, 2.45) is 5.92 Å². The highest BCUT2D eigenvalue weighted by molar-refractivity contribution is 7.99. The van der Waals surface area contributed by atoms with Gasteiger partial charge in [0.05, 0.1) is 5.75 Å². The summed E-state index contributed by atoms with van der Waals surface area (Å²) in [5.41, 5.74) is 2.55. The van der Waals surface area contributed by atoms with Crippen LogP contribution in [0.2, 0.25) is 0 Å². The lowest BCUT2D eigenvalue weighted by atomic mass is 10.2. The Balaban J connectivity index is 2.19. The fourth-order valence-corrected chi connectivity index (χ4v) is 2.13. The highest BCUT2D eigenvalue weighted by Crippen LogP contribution is 2.12. The maximum absolute atomic E-state index is 11.5. The minimum absolute atomic E-state index is 0.135. The first-order valence-corrected chi connectivity index (χ1v) is 7.13. The van der Waals surface area contributed by atoms with Gasteiger partial charge >= 0.3 is 0 Å². The van der Waals surface area contributed by atoms with Crippen molar-refractivity contribution in [3.05, 3.63) is 35.4 Å². The van der Waals surface area contributed by atoms with E-state index in [4.69, 9.17) is 0 Å². The lowest BCUT2D eigenvalue weighted by molar-refractivity contribution is -0.118. The molecule has 0 saturated heterocycles. The van der Waals surface area contributed by atoms with Crippen molar-refractivity contribution in [2.45, 2.75) is 26.5 Å². The molecule has 0 unspecified atom stereocenters. The third-order valence-electron chi connectivity index (χ3n) is 2.33. The summed E-state index contributed by atoms with van der Waals surface area (Å²) in [6, 6.07) is 8.45. The lowest BCUT2D eigenvalue weighted by Crippen LogP contribution is -2.28. The van der Waals surface area contributed by atoms with E-state index >= 15 is 0 Å². The molecule has 0 spiro atoms. The zero-order chi connectivity index (χ0) is 12.7. The molecule has 1 aromatic carbocycles. The van der Waals surface area contributed by atoms with Gasteiger partial charge in [-0.25, -0.2) is 0 Å². The number of benzene rings is 1. The van der Waals surface area contributed by atoms with Crippen LogP contribution in [-0.4, -0.2) is 18.2 Å². The number of amides is 1. The quantitative estimate of drug-likeness (QED) is 0.842. The maximum Gasteiger partial charge on any atom is 0.230 e. The Morgan fingerprint density at radius 3 is 2.53 bits per heavy atom. The molecule has 1 N–H and O–H groups in total. The molecule has 0 radical (unpaired) electrons. The minimum atomic E-state index is 0.135. The number of aryl methyl sites for hydroxylation is 1. The van der Waals surface area contributed by atoms with E-state index in [9.17, 15) is 4.79 Å². The molecule has 0 aliphatic heterocycles. The van der Waals surface area contributed by atoms with E-state index in [0.717, 1.165) is 12.3 Å². The molecule has 0 saturated carbocycles. The number of nitrogens with one attached hydrogen (secondary N) is 1. The molecule has 3 heteroatoms. The highest BCUT2D eigenvalue weighted by atomic mass is 32.2. The van der Waals surface area contributed by atoms with Crippen molar-refractivity contribution in [3.63, 3.8) is 0 Å². The molecule has 0 heterocycles. The van der Waals surface area contributed by atoms with E-state index in [1.165, 1.54) is 11.1 Å². The van der Waals surface area contributed by atoms with Crippen molar-refractivity contribution < 1.29 is 4.79 Å². The van der Waals surface area contributed by atoms with E-state index in [1.807, 2.05) is 0 Å². The minimum Gasteiger partial charge on any atom is -0.355 e. The molecule has 1 rings (SSSR count). The molecule has 0 atom stereocenters. The van der Waals surface area contributed by atoms with Crippen LogP contribution < -0.4 is 5.32 Å². The van der Waals surface area contributed by atoms with E-state index in [0.29, 0.717) is 11.7 Å². The largest absolute Gasteiger partial charge is 0.355 e. The van der Waals surface area contributed by atoms with Crippen LogP contribution in [-0.2, 0) is 10.5 Å². The van der Waals surface area contributed by atoms with Gasteiger partial charge in [0.15, 0.2) is 0 Å². The topological polar surface area (TPSA) is 29.1 Å². The molecule has 0 fully saturated rings. The molecule has 17 heavy (non-hydrogen) atoms. The van der Waals surface area contributed by atoms with Crippen molar-refractivity contribution in [1.29, 1.82) is 0 Å². The number of thioether (sulfide) groups is 1. The van der Waals surface area contributed by atoms with Gasteiger partial charge in [-0.05, 0) is 18.4 Å². The molecule has 0 bridgehead atoms. The molecular formula is C14H21NOS. The predicted molar refractivity (Wildman–Crippen MR) is 75.2 cm³/mol. The van der Waals surface area contributed by atoms with Gasteiger partial charge in [0.2, 0.25) is 5.91 Å². The first-order chi connectivity index (χ1) is 8.08. The van der Waals surface area contributed by atoms with Crippen LogP contribution in [0.15, 0.2) is 24.3 Å². The fourth-order valence-electron chi connectivity index (χ4n) is 1.31. The Labute approximate surface area is 108 Å². The number of carbonyl (C=O) groups excluding carboxylic acids is 1. The zero-order valence-corrected chi connectivity index (χ0v) is 11.6. The molecule has 94 valence electrons. The second kappa shape index (κ2) is 7.38. The van der Waals surface area contributed by atoms with Gasteiger partial charge in [-0.15, -0.1) is 11.8 Å². The highest BCUT2D eigenvalue weighted by Gasteiger charge is 2.02. The Bertz CT molecular complexity index is 346. The van der Waals surface area contributed by atoms with Gasteiger partial charge < -0.3 is 5.32 Å². The second-order valence-corrected chi connectivity index (χ2v) is 5.66. The normalized spacial score (nSPS) is 10.6. The summed E-state index contributed by atoms with van der Waals surface area (Å²) in [4.78, 5) is 11.5. The van der Waals surface area contributed by atoms with Gasteiger partial charge in [0.1, 0.15) is 0 Å². The predicted octanol–water partition coefficient (Wildman–Crippen LogP) is 3.00. The van der Waals surface area contributed by atoms with Crippen LogP contribution >= 0.6 is 11.8 Å². The van der Waals surface area contributed by atoms with E-state index < -0.39 is 0 Å². The van der Waals surface area contributed by atoms with Crippen LogP contribution in [0.3, 0.4) is 0 Å². The van der Waals surface area contributed by atoms with Gasteiger partial charge in [-0.2, -0.15) is 0 Å². The summed E-state index contributed by atoms with van der Waals surface area (Å²) in [6.45, 7) is 7.04. The molecular weight excluding hydrogens is 230 g/mol. The second-order valence-electron chi connectivity index (χ2n) is 4.68. The lowest BCUT2D eigenvalue weighted by Gasteiger charge is -2.07. The van der Waals surface area contributed by atoms with Gasteiger partial charge in [0.25, 0.3) is 0 Å². The summed E-state index contributed by atoms with van der Waals surface area (Å²) in [5.74, 6) is 2.09. The van der Waals surface area contributed by atoms with E-state index in [2.05, 4.69) is 50.4 Å². The average molecular weight is 251 g/mol. The molecule has 1 aromatic rings. The van der Waals surface area contributed by atoms with Gasteiger partial charge in [0, 0.05) is 12.3 Å². The number of hydrogen-bond acceptors (Lipinski definition) is 2. The summed E-state index contributed by atoms with van der Waals surface area (Å²) < 4.78 is 0. The average Bonchev–Trinajstić information content (AvgIpc) is 2.29. The third-order valence-corrected chi connectivity index (χ3v) is 3.33. The SMILES string of the molecule is Cc1ccc(CSCC(=O)NCC(C)C)cc1. The third kappa shape index (κ3) is 6.37. The van der Waals surface area contributed by atoms with E-state index in [-0.39, 0.29) is 5.91 Å². The van der Waals surface area contributed by atoms with Crippen molar-refractivity contribution in [3.8, 4) is 0 Å². The van der Waals surface area contributed by atoms with Crippen molar-refractivity contribution in [2.75, 3.05) is 12.3 Å². The van der Waals surface area contributed by atoms with Crippen molar-refractivity contribution in [1.82, 2.24) is 5.32 Å². The standard InChI is InChI=1S/C14H21NOS/c1-11(2)8-15-14(16)10-17-9-13-6-4-12(3)5-7-13/h4-7,11H,8-10H2,1-3H3,(H,15,16). The molecule has 0 aliphatic rings. The zero-order valence-electron chi connectivity index (χ0n) is 10.8. The first kappa shape index (κ1) is 14.1. The summed E-state index contributed by atoms with van der Waals surface area (Å²) in [5, 5.41) is 2.92. The monoisotopic (exact) mass is 251 g/mol. The number of hydrogen-bond donors (Lipinski definition) is 1. The van der Waals surface area contributed by atoms with Gasteiger partial charge in [-0.3, -0.25) is 4.79 Å². The smallest absolute Gasteiger partial charge is 0.230 e.